The number of carboxylic acids is 1. The van der Waals surface area contributed by atoms with E-state index in [1.807, 2.05) is 0 Å². The number of hydrogen-bond acceptors (Lipinski definition) is 2. The van der Waals surface area contributed by atoms with Crippen LogP contribution >= 0.6 is 39.1 Å². The van der Waals surface area contributed by atoms with Crippen molar-refractivity contribution in [1.82, 2.24) is 0 Å². The van der Waals surface area contributed by atoms with Crippen LogP contribution in [0.2, 0.25) is 10.0 Å². The van der Waals surface area contributed by atoms with Crippen molar-refractivity contribution in [2.24, 2.45) is 0 Å². The summed E-state index contributed by atoms with van der Waals surface area (Å²) in [7, 11) is 0. The third kappa shape index (κ3) is 3.62. The first kappa shape index (κ1) is 14.2. The average Bonchev–Trinajstić information content (AvgIpc) is 2.33. The Labute approximate surface area is 127 Å². The molecular formula is C13H7BrCl2O3. The third-order valence-electron chi connectivity index (χ3n) is 2.25. The summed E-state index contributed by atoms with van der Waals surface area (Å²) in [5.41, 5.74) is 0.129. The van der Waals surface area contributed by atoms with Crippen molar-refractivity contribution in [2.75, 3.05) is 0 Å². The van der Waals surface area contributed by atoms with E-state index in [1.54, 1.807) is 24.3 Å². The summed E-state index contributed by atoms with van der Waals surface area (Å²) >= 11 is 14.9. The Hall–Kier alpha value is -1.23. The zero-order valence-corrected chi connectivity index (χ0v) is 12.5. The van der Waals surface area contributed by atoms with Gasteiger partial charge in [0.05, 0.1) is 15.6 Å². The van der Waals surface area contributed by atoms with Gasteiger partial charge in [-0.3, -0.25) is 0 Å². The number of ether oxygens (including phenoxy) is 1. The van der Waals surface area contributed by atoms with Crippen LogP contribution in [0.3, 0.4) is 0 Å². The zero-order chi connectivity index (χ0) is 14.0. The molecule has 0 aliphatic carbocycles. The minimum atomic E-state index is -1.03. The van der Waals surface area contributed by atoms with Gasteiger partial charge in [0.15, 0.2) is 0 Å². The molecule has 3 nitrogen and oxygen atoms in total. The van der Waals surface area contributed by atoms with Crippen LogP contribution in [0, 0.1) is 0 Å². The molecule has 2 aromatic rings. The minimum Gasteiger partial charge on any atom is -0.478 e. The van der Waals surface area contributed by atoms with Crippen molar-refractivity contribution < 1.29 is 14.6 Å². The number of halogens is 3. The first-order valence-electron chi connectivity index (χ1n) is 5.12. The summed E-state index contributed by atoms with van der Waals surface area (Å²) in [6.45, 7) is 0. The van der Waals surface area contributed by atoms with Crippen molar-refractivity contribution >= 4 is 45.1 Å². The Morgan fingerprint density at radius 1 is 1.05 bits per heavy atom. The normalized spacial score (nSPS) is 10.3. The second-order valence-corrected chi connectivity index (χ2v) is 5.39. The number of benzene rings is 2. The minimum absolute atomic E-state index is 0.129. The smallest absolute Gasteiger partial charge is 0.335 e. The van der Waals surface area contributed by atoms with Gasteiger partial charge in [0, 0.05) is 10.5 Å². The zero-order valence-electron chi connectivity index (χ0n) is 9.36. The lowest BCUT2D eigenvalue weighted by molar-refractivity contribution is 0.0696. The van der Waals surface area contributed by atoms with Crippen LogP contribution in [0.4, 0.5) is 0 Å². The van der Waals surface area contributed by atoms with Gasteiger partial charge in [-0.15, -0.1) is 0 Å². The monoisotopic (exact) mass is 360 g/mol. The molecule has 0 saturated carbocycles. The van der Waals surface area contributed by atoms with Gasteiger partial charge in [-0.1, -0.05) is 39.1 Å². The molecule has 0 aromatic heterocycles. The van der Waals surface area contributed by atoms with Crippen molar-refractivity contribution in [3.8, 4) is 11.5 Å². The number of carboxylic acid groups (broad SMARTS) is 1. The highest BCUT2D eigenvalue weighted by Gasteiger charge is 2.08. The molecule has 0 aliphatic rings. The van der Waals surface area contributed by atoms with Crippen molar-refractivity contribution in [2.45, 2.75) is 0 Å². The quantitative estimate of drug-likeness (QED) is 0.812. The van der Waals surface area contributed by atoms with Crippen molar-refractivity contribution in [1.29, 1.82) is 0 Å². The molecule has 1 N–H and O–H groups in total. The SMILES string of the molecule is O=C(O)c1cc(Br)cc(Oc2ccc(Cl)c(Cl)c2)c1. The fourth-order valence-electron chi connectivity index (χ4n) is 1.42. The van der Waals surface area contributed by atoms with Crippen LogP contribution in [0.1, 0.15) is 10.4 Å². The van der Waals surface area contributed by atoms with E-state index in [4.69, 9.17) is 33.0 Å². The van der Waals surface area contributed by atoms with Gasteiger partial charge in [0.1, 0.15) is 11.5 Å². The molecule has 0 heterocycles. The number of hydrogen-bond donors (Lipinski definition) is 1. The molecule has 0 unspecified atom stereocenters. The van der Waals surface area contributed by atoms with Crippen LogP contribution in [-0.2, 0) is 0 Å². The van der Waals surface area contributed by atoms with Crippen LogP contribution in [-0.4, -0.2) is 11.1 Å². The van der Waals surface area contributed by atoms with E-state index >= 15 is 0 Å². The topological polar surface area (TPSA) is 46.5 Å². The molecule has 0 fully saturated rings. The fraction of sp³-hybridized carbons (Fsp3) is 0. The van der Waals surface area contributed by atoms with Gasteiger partial charge >= 0.3 is 5.97 Å². The lowest BCUT2D eigenvalue weighted by Gasteiger charge is -2.08. The first-order chi connectivity index (χ1) is 8.95. The van der Waals surface area contributed by atoms with E-state index < -0.39 is 5.97 Å². The van der Waals surface area contributed by atoms with Gasteiger partial charge in [-0.05, 0) is 30.3 Å². The molecule has 19 heavy (non-hydrogen) atoms. The van der Waals surface area contributed by atoms with E-state index in [0.717, 1.165) is 0 Å². The Morgan fingerprint density at radius 2 is 1.79 bits per heavy atom. The summed E-state index contributed by atoms with van der Waals surface area (Å²) in [4.78, 5) is 10.9. The van der Waals surface area contributed by atoms with Gasteiger partial charge < -0.3 is 9.84 Å². The highest BCUT2D eigenvalue weighted by Crippen LogP contribution is 2.31. The maximum Gasteiger partial charge on any atom is 0.335 e. The lowest BCUT2D eigenvalue weighted by atomic mass is 10.2. The summed E-state index contributed by atoms with van der Waals surface area (Å²) < 4.78 is 6.16. The number of aromatic carboxylic acids is 1. The van der Waals surface area contributed by atoms with Gasteiger partial charge in [0.2, 0.25) is 0 Å². The predicted octanol–water partition coefficient (Wildman–Crippen LogP) is 5.25. The Bertz CT molecular complexity index is 644. The molecule has 0 atom stereocenters. The molecule has 0 amide bonds. The Kier molecular flexibility index (Phi) is 4.34. The van der Waals surface area contributed by atoms with Gasteiger partial charge in [0.25, 0.3) is 0 Å². The molecule has 0 bridgehead atoms. The number of carbonyl (C=O) groups is 1. The fourth-order valence-corrected chi connectivity index (χ4v) is 2.18. The molecule has 2 rings (SSSR count). The molecule has 0 radical (unpaired) electrons. The van der Waals surface area contributed by atoms with Crippen LogP contribution in [0.5, 0.6) is 11.5 Å². The van der Waals surface area contributed by atoms with E-state index in [2.05, 4.69) is 15.9 Å². The molecule has 0 saturated heterocycles. The Balaban J connectivity index is 2.32. The van der Waals surface area contributed by atoms with Crippen LogP contribution in [0.25, 0.3) is 0 Å². The van der Waals surface area contributed by atoms with Gasteiger partial charge in [-0.2, -0.15) is 0 Å². The molecule has 0 spiro atoms. The van der Waals surface area contributed by atoms with Crippen LogP contribution < -0.4 is 4.74 Å². The van der Waals surface area contributed by atoms with Crippen molar-refractivity contribution in [3.05, 3.63) is 56.5 Å². The molecule has 0 aliphatic heterocycles. The molecule has 2 aromatic carbocycles. The molecular weight excluding hydrogens is 355 g/mol. The number of rotatable bonds is 3. The summed E-state index contributed by atoms with van der Waals surface area (Å²) in [6.07, 6.45) is 0. The van der Waals surface area contributed by atoms with E-state index in [1.165, 1.54) is 12.1 Å². The highest BCUT2D eigenvalue weighted by atomic mass is 79.9. The Morgan fingerprint density at radius 3 is 2.42 bits per heavy atom. The van der Waals surface area contributed by atoms with E-state index in [-0.39, 0.29) is 5.56 Å². The lowest BCUT2D eigenvalue weighted by Crippen LogP contribution is -1.96. The standard InChI is InChI=1S/C13H7BrCl2O3/c14-8-3-7(13(17)18)4-10(5-8)19-9-1-2-11(15)12(16)6-9/h1-6H,(H,17,18). The maximum atomic E-state index is 10.9. The first-order valence-corrected chi connectivity index (χ1v) is 6.67. The average molecular weight is 362 g/mol. The predicted molar refractivity (Wildman–Crippen MR) is 77.6 cm³/mol. The summed E-state index contributed by atoms with van der Waals surface area (Å²) in [6, 6.07) is 9.39. The van der Waals surface area contributed by atoms with Crippen LogP contribution in [0.15, 0.2) is 40.9 Å². The van der Waals surface area contributed by atoms with Gasteiger partial charge in [-0.25, -0.2) is 4.79 Å². The summed E-state index contributed by atoms with van der Waals surface area (Å²) in [5, 5.41) is 9.76. The highest BCUT2D eigenvalue weighted by molar-refractivity contribution is 9.10. The molecule has 98 valence electrons. The largest absolute Gasteiger partial charge is 0.478 e. The van der Waals surface area contributed by atoms with Crippen molar-refractivity contribution in [3.63, 3.8) is 0 Å². The maximum absolute atomic E-state index is 10.9. The second kappa shape index (κ2) is 5.82. The van der Waals surface area contributed by atoms with E-state index in [0.29, 0.717) is 26.0 Å². The summed E-state index contributed by atoms with van der Waals surface area (Å²) in [5.74, 6) is -0.158. The third-order valence-corrected chi connectivity index (χ3v) is 3.44. The second-order valence-electron chi connectivity index (χ2n) is 3.66. The van der Waals surface area contributed by atoms with E-state index in [9.17, 15) is 4.79 Å². The molecule has 6 heteroatoms.